The van der Waals surface area contributed by atoms with E-state index in [1.807, 2.05) is 13.8 Å². The van der Waals surface area contributed by atoms with E-state index in [0.29, 0.717) is 0 Å². The summed E-state index contributed by atoms with van der Waals surface area (Å²) in [4.78, 5) is 18.0. The van der Waals surface area contributed by atoms with Gasteiger partial charge in [0, 0.05) is 24.0 Å². The molecule has 1 amide bonds. The first-order chi connectivity index (χ1) is 8.58. The van der Waals surface area contributed by atoms with Crippen molar-refractivity contribution in [3.63, 3.8) is 0 Å². The minimum Gasteiger partial charge on any atom is -0.490 e. The van der Waals surface area contributed by atoms with Gasteiger partial charge in [0.2, 0.25) is 5.91 Å². The topological polar surface area (TPSA) is 81.0 Å². The van der Waals surface area contributed by atoms with Crippen LogP contribution in [0, 0.1) is 0 Å². The van der Waals surface area contributed by atoms with Crippen LogP contribution in [-0.4, -0.2) is 22.0 Å². The van der Waals surface area contributed by atoms with Crippen LogP contribution in [0.2, 0.25) is 0 Å². The molecule has 0 spiro atoms. The molecule has 2 rings (SSSR count). The molecule has 2 aromatic rings. The highest BCUT2D eigenvalue weighted by Gasteiger charge is 2.10. The fourth-order valence-electron chi connectivity index (χ4n) is 1.71. The summed E-state index contributed by atoms with van der Waals surface area (Å²) in [7, 11) is 0. The Bertz CT molecular complexity index is 599. The summed E-state index contributed by atoms with van der Waals surface area (Å²) in [6.45, 7) is 3.91. The molecule has 2 heterocycles. The normalized spacial score (nSPS) is 11.5. The molecule has 0 aromatic carbocycles. The van der Waals surface area contributed by atoms with E-state index in [1.165, 1.54) is 6.08 Å². The Balaban J connectivity index is 2.51. The van der Waals surface area contributed by atoms with Gasteiger partial charge in [0.05, 0.1) is 11.5 Å². The first-order valence-electron chi connectivity index (χ1n) is 5.68. The van der Waals surface area contributed by atoms with Crippen LogP contribution >= 0.6 is 0 Å². The number of amides is 1. The van der Waals surface area contributed by atoms with E-state index < -0.39 is 5.91 Å². The Labute approximate surface area is 105 Å². The van der Waals surface area contributed by atoms with Gasteiger partial charge < -0.3 is 15.5 Å². The number of ether oxygens (including phenoxy) is 1. The van der Waals surface area contributed by atoms with Gasteiger partial charge in [-0.15, -0.1) is 0 Å². The third-order valence-electron chi connectivity index (χ3n) is 2.36. The van der Waals surface area contributed by atoms with Crippen LogP contribution in [0.4, 0.5) is 0 Å². The first-order valence-corrected chi connectivity index (χ1v) is 5.68. The molecule has 2 aromatic heterocycles. The number of pyridine rings is 1. The second-order valence-corrected chi connectivity index (χ2v) is 4.18. The maximum absolute atomic E-state index is 10.8. The van der Waals surface area contributed by atoms with Gasteiger partial charge in [-0.3, -0.25) is 4.79 Å². The van der Waals surface area contributed by atoms with Crippen LogP contribution in [0.25, 0.3) is 17.1 Å². The van der Waals surface area contributed by atoms with E-state index in [4.69, 9.17) is 10.5 Å². The van der Waals surface area contributed by atoms with Gasteiger partial charge in [-0.1, -0.05) is 0 Å². The van der Waals surface area contributed by atoms with Crippen LogP contribution in [-0.2, 0) is 4.79 Å². The summed E-state index contributed by atoms with van der Waals surface area (Å²) in [5, 5.41) is 0.851. The number of aromatic amines is 1. The summed E-state index contributed by atoms with van der Waals surface area (Å²) < 4.78 is 5.72. The number of rotatable bonds is 4. The van der Waals surface area contributed by atoms with Crippen molar-refractivity contribution >= 4 is 23.0 Å². The summed E-state index contributed by atoms with van der Waals surface area (Å²) in [6.07, 6.45) is 6.48. The molecule has 0 radical (unpaired) electrons. The predicted molar refractivity (Wildman–Crippen MR) is 70.1 cm³/mol. The van der Waals surface area contributed by atoms with Crippen LogP contribution in [0.5, 0.6) is 5.75 Å². The Kier molecular flexibility index (Phi) is 3.32. The number of hydrogen-bond acceptors (Lipinski definition) is 3. The average molecular weight is 245 g/mol. The Morgan fingerprint density at radius 3 is 3.00 bits per heavy atom. The molecular formula is C13H15N3O2. The zero-order chi connectivity index (χ0) is 13.1. The molecule has 94 valence electrons. The molecule has 0 aliphatic rings. The SMILES string of the molecule is CC(C)Oc1ccnc2[nH]cc(C=CC(N)=O)c12. The van der Waals surface area contributed by atoms with Crippen molar-refractivity contribution in [3.8, 4) is 5.75 Å². The fourth-order valence-corrected chi connectivity index (χ4v) is 1.71. The highest BCUT2D eigenvalue weighted by atomic mass is 16.5. The fraction of sp³-hybridized carbons (Fsp3) is 0.231. The number of primary amides is 1. The summed E-state index contributed by atoms with van der Waals surface area (Å²) in [5.41, 5.74) is 6.64. The molecule has 0 aliphatic heterocycles. The second kappa shape index (κ2) is 4.91. The molecule has 0 bridgehead atoms. The molecular weight excluding hydrogens is 230 g/mol. The van der Waals surface area contributed by atoms with Gasteiger partial charge in [-0.25, -0.2) is 4.98 Å². The van der Waals surface area contributed by atoms with Crippen LogP contribution in [0.1, 0.15) is 19.4 Å². The van der Waals surface area contributed by atoms with Gasteiger partial charge >= 0.3 is 0 Å². The molecule has 0 atom stereocenters. The number of aromatic nitrogens is 2. The van der Waals surface area contributed by atoms with E-state index in [1.54, 1.807) is 24.5 Å². The number of carbonyl (C=O) groups is 1. The van der Waals surface area contributed by atoms with Crippen molar-refractivity contribution in [3.05, 3.63) is 30.1 Å². The van der Waals surface area contributed by atoms with Crippen molar-refractivity contribution in [1.82, 2.24) is 9.97 Å². The van der Waals surface area contributed by atoms with E-state index >= 15 is 0 Å². The van der Waals surface area contributed by atoms with E-state index in [-0.39, 0.29) is 6.10 Å². The monoisotopic (exact) mass is 245 g/mol. The number of carbonyl (C=O) groups excluding carboxylic acids is 1. The standard InChI is InChI=1S/C13H15N3O2/c1-8(2)18-10-5-6-15-13-12(10)9(7-16-13)3-4-11(14)17/h3-8H,1-2H3,(H2,14,17)(H,15,16). The van der Waals surface area contributed by atoms with Crippen LogP contribution < -0.4 is 10.5 Å². The average Bonchev–Trinajstić information content (AvgIpc) is 2.70. The van der Waals surface area contributed by atoms with E-state index in [2.05, 4.69) is 9.97 Å². The number of nitrogens with two attached hydrogens (primary N) is 1. The van der Waals surface area contributed by atoms with Gasteiger partial charge in [0.25, 0.3) is 0 Å². The number of nitrogens with zero attached hydrogens (tertiary/aromatic N) is 1. The summed E-state index contributed by atoms with van der Waals surface area (Å²) in [6, 6.07) is 1.80. The lowest BCUT2D eigenvalue weighted by molar-refractivity contribution is -0.113. The maximum Gasteiger partial charge on any atom is 0.241 e. The van der Waals surface area contributed by atoms with Crippen LogP contribution in [0.3, 0.4) is 0 Å². The quantitative estimate of drug-likeness (QED) is 0.806. The molecule has 0 saturated carbocycles. The summed E-state index contributed by atoms with van der Waals surface area (Å²) in [5.74, 6) is 0.250. The number of H-pyrrole nitrogens is 1. The molecule has 3 N–H and O–H groups in total. The molecule has 0 fully saturated rings. The van der Waals surface area contributed by atoms with Gasteiger partial charge in [0.1, 0.15) is 11.4 Å². The van der Waals surface area contributed by atoms with Crippen molar-refractivity contribution < 1.29 is 9.53 Å². The Morgan fingerprint density at radius 2 is 2.33 bits per heavy atom. The lowest BCUT2D eigenvalue weighted by Gasteiger charge is -2.10. The largest absolute Gasteiger partial charge is 0.490 e. The highest BCUT2D eigenvalue weighted by molar-refractivity contribution is 5.96. The predicted octanol–water partition coefficient (Wildman–Crippen LogP) is 1.85. The van der Waals surface area contributed by atoms with Gasteiger partial charge in [-0.05, 0) is 26.0 Å². The maximum atomic E-state index is 10.8. The van der Waals surface area contributed by atoms with Gasteiger partial charge in [-0.2, -0.15) is 0 Å². The lowest BCUT2D eigenvalue weighted by Crippen LogP contribution is -2.06. The Morgan fingerprint density at radius 1 is 1.56 bits per heavy atom. The third kappa shape index (κ3) is 2.51. The summed E-state index contributed by atoms with van der Waals surface area (Å²) >= 11 is 0. The lowest BCUT2D eigenvalue weighted by atomic mass is 10.2. The smallest absolute Gasteiger partial charge is 0.241 e. The van der Waals surface area contributed by atoms with Crippen molar-refractivity contribution in [2.45, 2.75) is 20.0 Å². The number of nitrogens with one attached hydrogen (secondary N) is 1. The molecule has 5 heteroatoms. The Hall–Kier alpha value is -2.30. The highest BCUT2D eigenvalue weighted by Crippen LogP contribution is 2.28. The van der Waals surface area contributed by atoms with Crippen LogP contribution in [0.15, 0.2) is 24.5 Å². The number of fused-ring (bicyclic) bond motifs is 1. The zero-order valence-corrected chi connectivity index (χ0v) is 10.3. The van der Waals surface area contributed by atoms with E-state index in [0.717, 1.165) is 22.3 Å². The minimum absolute atomic E-state index is 0.0680. The molecule has 0 saturated heterocycles. The third-order valence-corrected chi connectivity index (χ3v) is 2.36. The molecule has 0 unspecified atom stereocenters. The first kappa shape index (κ1) is 12.2. The van der Waals surface area contributed by atoms with Gasteiger partial charge in [0.15, 0.2) is 0 Å². The molecule has 5 nitrogen and oxygen atoms in total. The van der Waals surface area contributed by atoms with Crippen molar-refractivity contribution in [2.75, 3.05) is 0 Å². The molecule has 18 heavy (non-hydrogen) atoms. The molecule has 0 aliphatic carbocycles. The van der Waals surface area contributed by atoms with E-state index in [9.17, 15) is 4.79 Å². The van der Waals surface area contributed by atoms with Crippen molar-refractivity contribution in [1.29, 1.82) is 0 Å². The minimum atomic E-state index is -0.487. The van der Waals surface area contributed by atoms with Crippen molar-refractivity contribution in [2.24, 2.45) is 5.73 Å². The number of hydrogen-bond donors (Lipinski definition) is 2. The zero-order valence-electron chi connectivity index (χ0n) is 10.3. The second-order valence-electron chi connectivity index (χ2n) is 4.18.